The van der Waals surface area contributed by atoms with Gasteiger partial charge in [-0.3, -0.25) is 0 Å². The van der Waals surface area contributed by atoms with E-state index in [2.05, 4.69) is 42.5 Å². The van der Waals surface area contributed by atoms with E-state index in [0.29, 0.717) is 0 Å². The van der Waals surface area contributed by atoms with Gasteiger partial charge in [0.25, 0.3) is 0 Å². The van der Waals surface area contributed by atoms with Gasteiger partial charge in [0.05, 0.1) is 0 Å². The monoisotopic (exact) mass is 268 g/mol. The molecule has 1 aliphatic rings. The molecule has 0 radical (unpaired) electrons. The fourth-order valence-electron chi connectivity index (χ4n) is 2.78. The first kappa shape index (κ1) is 13.1. The van der Waals surface area contributed by atoms with Gasteiger partial charge in [-0.05, 0) is 49.8 Å². The molecule has 1 aromatic carbocycles. The summed E-state index contributed by atoms with van der Waals surface area (Å²) < 4.78 is 0. The number of anilines is 1. The molecule has 1 aliphatic carbocycles. The fraction of sp³-hybridized carbons (Fsp3) is 0.375. The molecule has 0 aliphatic heterocycles. The van der Waals surface area contributed by atoms with Gasteiger partial charge in [-0.1, -0.05) is 18.2 Å². The Morgan fingerprint density at radius 3 is 2.75 bits per heavy atom. The lowest BCUT2D eigenvalue weighted by Gasteiger charge is -2.10. The second-order valence-electron chi connectivity index (χ2n) is 5.51. The molecule has 0 bridgehead atoms. The molecule has 1 heterocycles. The summed E-state index contributed by atoms with van der Waals surface area (Å²) in [5, 5.41) is 0. The maximum Gasteiger partial charge on any atom is 0.147 e. The van der Waals surface area contributed by atoms with E-state index in [9.17, 15) is 0 Å². The van der Waals surface area contributed by atoms with Crippen molar-refractivity contribution in [3.05, 3.63) is 52.0 Å². The van der Waals surface area contributed by atoms with E-state index in [-0.39, 0.29) is 0 Å². The number of rotatable bonds is 3. The van der Waals surface area contributed by atoms with Crippen LogP contribution in [0.15, 0.2) is 18.2 Å². The van der Waals surface area contributed by atoms with Crippen LogP contribution in [-0.4, -0.2) is 9.97 Å². The first-order chi connectivity index (χ1) is 9.67. The van der Waals surface area contributed by atoms with Gasteiger partial charge in [-0.25, -0.2) is 15.8 Å². The van der Waals surface area contributed by atoms with Crippen molar-refractivity contribution < 1.29 is 0 Å². The normalized spacial score (nSPS) is 13.3. The molecule has 0 fully saturated rings. The maximum absolute atomic E-state index is 5.59. The van der Waals surface area contributed by atoms with Crippen molar-refractivity contribution in [2.75, 3.05) is 5.43 Å². The highest BCUT2D eigenvalue weighted by Gasteiger charge is 2.18. The summed E-state index contributed by atoms with van der Waals surface area (Å²) in [7, 11) is 0. The lowest BCUT2D eigenvalue weighted by Crippen LogP contribution is -2.14. The lowest BCUT2D eigenvalue weighted by molar-refractivity contribution is 0.885. The third-order valence-corrected chi connectivity index (χ3v) is 4.05. The molecule has 20 heavy (non-hydrogen) atoms. The van der Waals surface area contributed by atoms with Crippen molar-refractivity contribution in [3.8, 4) is 0 Å². The molecule has 104 valence electrons. The summed E-state index contributed by atoms with van der Waals surface area (Å²) in [5.74, 6) is 7.24. The first-order valence-corrected chi connectivity index (χ1v) is 7.09. The Kier molecular flexibility index (Phi) is 3.40. The highest BCUT2D eigenvalue weighted by Crippen LogP contribution is 2.26. The summed E-state index contributed by atoms with van der Waals surface area (Å²) in [6.07, 6.45) is 3.96. The second-order valence-corrected chi connectivity index (χ2v) is 5.51. The summed E-state index contributed by atoms with van der Waals surface area (Å²) in [4.78, 5) is 9.27. The average molecular weight is 268 g/mol. The number of hydrogen-bond donors (Lipinski definition) is 2. The van der Waals surface area contributed by atoms with E-state index >= 15 is 0 Å². The average Bonchev–Trinajstić information content (AvgIpc) is 2.90. The molecular formula is C16H20N4. The Morgan fingerprint density at radius 1 is 1.15 bits per heavy atom. The Labute approximate surface area is 119 Å². The number of nitrogens with zero attached hydrogens (tertiary/aromatic N) is 2. The molecule has 2 aromatic rings. The fourth-order valence-corrected chi connectivity index (χ4v) is 2.78. The highest BCUT2D eigenvalue weighted by atomic mass is 15.3. The maximum atomic E-state index is 5.59. The predicted octanol–water partition coefficient (Wildman–Crippen LogP) is 2.46. The number of aryl methyl sites for hydroxylation is 3. The zero-order valence-electron chi connectivity index (χ0n) is 12.0. The standard InChI is InChI=1S/C16H20N4/c1-10-6-7-12(8-11(10)2)9-15-18-14-5-3-4-13(14)16(19-15)20-17/h6-8H,3-5,9,17H2,1-2H3,(H,18,19,20). The molecule has 4 nitrogen and oxygen atoms in total. The SMILES string of the molecule is Cc1ccc(Cc2nc3c(c(NN)n2)CCC3)cc1C. The van der Waals surface area contributed by atoms with E-state index in [1.54, 1.807) is 0 Å². The number of nitrogen functional groups attached to an aromatic ring is 1. The third kappa shape index (κ3) is 2.39. The molecule has 0 unspecified atom stereocenters. The van der Waals surface area contributed by atoms with Crippen molar-refractivity contribution in [3.63, 3.8) is 0 Å². The van der Waals surface area contributed by atoms with Crippen molar-refractivity contribution in [1.29, 1.82) is 0 Å². The van der Waals surface area contributed by atoms with Gasteiger partial charge in [0.2, 0.25) is 0 Å². The second kappa shape index (κ2) is 5.21. The van der Waals surface area contributed by atoms with Crippen LogP contribution in [0, 0.1) is 13.8 Å². The summed E-state index contributed by atoms with van der Waals surface area (Å²) >= 11 is 0. The molecule has 0 spiro atoms. The first-order valence-electron chi connectivity index (χ1n) is 7.09. The van der Waals surface area contributed by atoms with Crippen molar-refractivity contribution in [2.45, 2.75) is 39.5 Å². The summed E-state index contributed by atoms with van der Waals surface area (Å²) in [6.45, 7) is 4.26. The van der Waals surface area contributed by atoms with Crippen molar-refractivity contribution in [2.24, 2.45) is 5.84 Å². The Hall–Kier alpha value is -1.94. The van der Waals surface area contributed by atoms with Gasteiger partial charge in [-0.15, -0.1) is 0 Å². The van der Waals surface area contributed by atoms with Gasteiger partial charge in [-0.2, -0.15) is 0 Å². The number of hydrogen-bond acceptors (Lipinski definition) is 4. The Morgan fingerprint density at radius 2 is 2.00 bits per heavy atom. The van der Waals surface area contributed by atoms with Crippen LogP contribution in [0.5, 0.6) is 0 Å². The van der Waals surface area contributed by atoms with Gasteiger partial charge >= 0.3 is 0 Å². The van der Waals surface area contributed by atoms with Crippen LogP contribution < -0.4 is 11.3 Å². The number of fused-ring (bicyclic) bond motifs is 1. The zero-order valence-corrected chi connectivity index (χ0v) is 12.0. The number of benzene rings is 1. The van der Waals surface area contributed by atoms with Crippen molar-refractivity contribution in [1.82, 2.24) is 9.97 Å². The van der Waals surface area contributed by atoms with E-state index in [4.69, 9.17) is 10.8 Å². The zero-order chi connectivity index (χ0) is 14.1. The van der Waals surface area contributed by atoms with Crippen LogP contribution in [-0.2, 0) is 19.3 Å². The smallest absolute Gasteiger partial charge is 0.147 e. The van der Waals surface area contributed by atoms with Crippen molar-refractivity contribution >= 4 is 5.82 Å². The molecule has 3 rings (SSSR count). The quantitative estimate of drug-likeness (QED) is 0.663. The molecule has 0 amide bonds. The lowest BCUT2D eigenvalue weighted by atomic mass is 10.0. The van der Waals surface area contributed by atoms with Gasteiger partial charge in [0.1, 0.15) is 11.6 Å². The summed E-state index contributed by atoms with van der Waals surface area (Å²) in [6, 6.07) is 6.51. The number of nitrogens with one attached hydrogen (secondary N) is 1. The molecule has 0 atom stereocenters. The van der Waals surface area contributed by atoms with E-state index in [1.165, 1.54) is 22.3 Å². The molecule has 0 saturated heterocycles. The van der Waals surface area contributed by atoms with Crippen LogP contribution in [0.25, 0.3) is 0 Å². The van der Waals surface area contributed by atoms with Crippen LogP contribution in [0.2, 0.25) is 0 Å². The van der Waals surface area contributed by atoms with Crippen LogP contribution >= 0.6 is 0 Å². The minimum absolute atomic E-state index is 0.753. The molecule has 3 N–H and O–H groups in total. The van der Waals surface area contributed by atoms with Gasteiger partial charge in [0.15, 0.2) is 0 Å². The molecular weight excluding hydrogens is 248 g/mol. The highest BCUT2D eigenvalue weighted by molar-refractivity contribution is 5.48. The van der Waals surface area contributed by atoms with Gasteiger partial charge in [0, 0.05) is 17.7 Å². The summed E-state index contributed by atoms with van der Waals surface area (Å²) in [5.41, 5.74) is 8.94. The van der Waals surface area contributed by atoms with E-state index < -0.39 is 0 Å². The molecule has 1 aromatic heterocycles. The third-order valence-electron chi connectivity index (χ3n) is 4.05. The largest absolute Gasteiger partial charge is 0.308 e. The topological polar surface area (TPSA) is 63.8 Å². The van der Waals surface area contributed by atoms with Crippen LogP contribution in [0.3, 0.4) is 0 Å². The van der Waals surface area contributed by atoms with E-state index in [1.807, 2.05) is 0 Å². The number of nitrogens with two attached hydrogens (primary N) is 1. The van der Waals surface area contributed by atoms with E-state index in [0.717, 1.165) is 43.0 Å². The minimum atomic E-state index is 0.753. The van der Waals surface area contributed by atoms with Crippen LogP contribution in [0.1, 0.15) is 40.2 Å². The van der Waals surface area contributed by atoms with Gasteiger partial charge < -0.3 is 5.43 Å². The molecule has 4 heteroatoms. The Balaban J connectivity index is 1.92. The number of aromatic nitrogens is 2. The van der Waals surface area contributed by atoms with Crippen LogP contribution in [0.4, 0.5) is 5.82 Å². The Bertz CT molecular complexity index is 649. The number of hydrazine groups is 1. The predicted molar refractivity (Wildman–Crippen MR) is 80.6 cm³/mol. The molecule has 0 saturated carbocycles. The minimum Gasteiger partial charge on any atom is -0.308 e.